The minimum Gasteiger partial charge on any atom is -0.495 e. The number of urea groups is 1. The van der Waals surface area contributed by atoms with Gasteiger partial charge in [0.15, 0.2) is 0 Å². The quantitative estimate of drug-likeness (QED) is 0.620. The highest BCUT2D eigenvalue weighted by Crippen LogP contribution is 2.41. The molecule has 2 aromatic carbocycles. The Bertz CT molecular complexity index is 965. The van der Waals surface area contributed by atoms with E-state index in [0.29, 0.717) is 33.8 Å². The van der Waals surface area contributed by atoms with Crippen LogP contribution in [-0.4, -0.2) is 30.4 Å². The maximum Gasteiger partial charge on any atom is 0.325 e. The SMILES string of the molecule is COc1cc(OC)c(N(C(N)=O)c2nnc(CCc3ccccc3)s2)cc1Cl. The highest BCUT2D eigenvalue weighted by Gasteiger charge is 2.25. The summed E-state index contributed by atoms with van der Waals surface area (Å²) in [6.07, 6.45) is 1.53. The van der Waals surface area contributed by atoms with Crippen molar-refractivity contribution in [2.75, 3.05) is 19.1 Å². The monoisotopic (exact) mass is 418 g/mol. The Balaban J connectivity index is 1.89. The number of rotatable bonds is 7. The van der Waals surface area contributed by atoms with E-state index in [2.05, 4.69) is 22.3 Å². The van der Waals surface area contributed by atoms with E-state index in [1.165, 1.54) is 36.0 Å². The Labute approximate surface area is 171 Å². The fourth-order valence-corrected chi connectivity index (χ4v) is 3.76. The van der Waals surface area contributed by atoms with Crippen molar-refractivity contribution in [3.8, 4) is 11.5 Å². The predicted molar refractivity (Wildman–Crippen MR) is 110 cm³/mol. The number of carbonyl (C=O) groups is 1. The maximum atomic E-state index is 12.2. The molecule has 7 nitrogen and oxygen atoms in total. The summed E-state index contributed by atoms with van der Waals surface area (Å²) < 4.78 is 10.6. The first kappa shape index (κ1) is 19.9. The van der Waals surface area contributed by atoms with Gasteiger partial charge in [-0.1, -0.05) is 53.3 Å². The molecule has 0 aliphatic carbocycles. The number of nitrogens with zero attached hydrogens (tertiary/aromatic N) is 3. The van der Waals surface area contributed by atoms with Gasteiger partial charge in [-0.15, -0.1) is 10.2 Å². The Morgan fingerprint density at radius 1 is 1.11 bits per heavy atom. The molecule has 28 heavy (non-hydrogen) atoms. The van der Waals surface area contributed by atoms with Crippen molar-refractivity contribution >= 4 is 39.8 Å². The standard InChI is InChI=1S/C19H19ClN4O3S/c1-26-15-11-16(27-2)14(10-13(15)20)24(18(21)25)19-23-22-17(28-19)9-8-12-6-4-3-5-7-12/h3-7,10-11H,8-9H2,1-2H3,(H2,21,25). The number of hydrogen-bond donors (Lipinski definition) is 1. The molecule has 3 aromatic rings. The molecule has 1 aromatic heterocycles. The number of amides is 2. The van der Waals surface area contributed by atoms with Crippen molar-refractivity contribution in [1.29, 1.82) is 0 Å². The summed E-state index contributed by atoms with van der Waals surface area (Å²) in [4.78, 5) is 13.4. The van der Waals surface area contributed by atoms with E-state index in [9.17, 15) is 4.79 Å². The number of anilines is 2. The molecule has 0 radical (unpaired) electrons. The minimum absolute atomic E-state index is 0.318. The van der Waals surface area contributed by atoms with E-state index in [1.807, 2.05) is 18.2 Å². The Morgan fingerprint density at radius 3 is 2.46 bits per heavy atom. The fourth-order valence-electron chi connectivity index (χ4n) is 2.67. The number of aromatic nitrogens is 2. The van der Waals surface area contributed by atoms with Crippen molar-refractivity contribution in [3.63, 3.8) is 0 Å². The number of carbonyl (C=O) groups excluding carboxylic acids is 1. The topological polar surface area (TPSA) is 90.6 Å². The van der Waals surface area contributed by atoms with E-state index in [4.69, 9.17) is 26.8 Å². The lowest BCUT2D eigenvalue weighted by Gasteiger charge is -2.20. The van der Waals surface area contributed by atoms with Crippen LogP contribution in [0, 0.1) is 0 Å². The summed E-state index contributed by atoms with van der Waals surface area (Å²) in [5.41, 5.74) is 7.19. The molecule has 146 valence electrons. The third-order valence-electron chi connectivity index (χ3n) is 4.03. The first-order valence-corrected chi connectivity index (χ1v) is 9.60. The van der Waals surface area contributed by atoms with Gasteiger partial charge in [0.1, 0.15) is 16.5 Å². The number of halogens is 1. The molecular formula is C19H19ClN4O3S. The molecule has 2 N–H and O–H groups in total. The molecule has 0 aliphatic heterocycles. The Hall–Kier alpha value is -2.84. The Kier molecular flexibility index (Phi) is 6.33. The van der Waals surface area contributed by atoms with Crippen LogP contribution in [0.15, 0.2) is 42.5 Å². The molecule has 0 saturated heterocycles. The van der Waals surface area contributed by atoms with Gasteiger partial charge in [-0.2, -0.15) is 0 Å². The first-order chi connectivity index (χ1) is 13.5. The fraction of sp³-hybridized carbons (Fsp3) is 0.211. The van der Waals surface area contributed by atoms with Gasteiger partial charge in [0.2, 0.25) is 5.13 Å². The van der Waals surface area contributed by atoms with E-state index in [-0.39, 0.29) is 0 Å². The van der Waals surface area contributed by atoms with Crippen LogP contribution in [0.25, 0.3) is 0 Å². The predicted octanol–water partition coefficient (Wildman–Crippen LogP) is 4.21. The summed E-state index contributed by atoms with van der Waals surface area (Å²) in [5.74, 6) is 0.800. The molecule has 2 amide bonds. The van der Waals surface area contributed by atoms with Crippen molar-refractivity contribution in [2.24, 2.45) is 5.73 Å². The number of benzene rings is 2. The molecule has 0 unspecified atom stereocenters. The zero-order valence-electron chi connectivity index (χ0n) is 15.4. The van der Waals surface area contributed by atoms with Crippen LogP contribution in [0.1, 0.15) is 10.6 Å². The molecule has 0 spiro atoms. The zero-order chi connectivity index (χ0) is 20.1. The van der Waals surface area contributed by atoms with Crippen LogP contribution in [0.3, 0.4) is 0 Å². The van der Waals surface area contributed by atoms with Crippen molar-refractivity contribution < 1.29 is 14.3 Å². The second-order valence-corrected chi connectivity index (χ2v) is 7.24. The molecule has 0 atom stereocenters. The van der Waals surface area contributed by atoms with E-state index >= 15 is 0 Å². The molecule has 3 rings (SSSR count). The lowest BCUT2D eigenvalue weighted by Crippen LogP contribution is -2.31. The van der Waals surface area contributed by atoms with Gasteiger partial charge in [0.05, 0.1) is 24.9 Å². The molecule has 0 saturated carbocycles. The minimum atomic E-state index is -0.717. The zero-order valence-corrected chi connectivity index (χ0v) is 17.0. The van der Waals surface area contributed by atoms with E-state index < -0.39 is 6.03 Å². The number of methoxy groups -OCH3 is 2. The molecule has 1 heterocycles. The average Bonchev–Trinajstić information content (AvgIpc) is 3.15. The highest BCUT2D eigenvalue weighted by atomic mass is 35.5. The lowest BCUT2D eigenvalue weighted by molar-refractivity contribution is 0.256. The lowest BCUT2D eigenvalue weighted by atomic mass is 10.1. The molecule has 0 fully saturated rings. The maximum absolute atomic E-state index is 12.2. The normalized spacial score (nSPS) is 10.5. The second kappa shape index (κ2) is 8.90. The summed E-state index contributed by atoms with van der Waals surface area (Å²) in [5, 5.41) is 9.79. The number of primary amides is 1. The largest absolute Gasteiger partial charge is 0.495 e. The number of ether oxygens (including phenoxy) is 2. The van der Waals surface area contributed by atoms with Crippen LogP contribution < -0.4 is 20.1 Å². The first-order valence-electron chi connectivity index (χ1n) is 8.41. The number of hydrogen-bond acceptors (Lipinski definition) is 6. The van der Waals surface area contributed by atoms with Gasteiger partial charge in [0.25, 0.3) is 0 Å². The van der Waals surface area contributed by atoms with Crippen LogP contribution in [0.2, 0.25) is 5.02 Å². The summed E-state index contributed by atoms with van der Waals surface area (Å²) >= 11 is 7.52. The van der Waals surface area contributed by atoms with Crippen molar-refractivity contribution in [2.45, 2.75) is 12.8 Å². The van der Waals surface area contributed by atoms with Crippen LogP contribution >= 0.6 is 22.9 Å². The second-order valence-electron chi connectivity index (χ2n) is 5.80. The highest BCUT2D eigenvalue weighted by molar-refractivity contribution is 7.15. The van der Waals surface area contributed by atoms with Gasteiger partial charge in [-0.05, 0) is 18.1 Å². The Morgan fingerprint density at radius 2 is 1.82 bits per heavy atom. The summed E-state index contributed by atoms with van der Waals surface area (Å²) in [7, 11) is 2.98. The van der Waals surface area contributed by atoms with Gasteiger partial charge >= 0.3 is 6.03 Å². The van der Waals surface area contributed by atoms with Gasteiger partial charge < -0.3 is 15.2 Å². The summed E-state index contributed by atoms with van der Waals surface area (Å²) in [6, 6.07) is 12.5. The number of aryl methyl sites for hydroxylation is 2. The molecule has 9 heteroatoms. The molecule has 0 bridgehead atoms. The smallest absolute Gasteiger partial charge is 0.325 e. The van der Waals surface area contributed by atoms with Crippen molar-refractivity contribution in [1.82, 2.24) is 10.2 Å². The summed E-state index contributed by atoms with van der Waals surface area (Å²) in [6.45, 7) is 0. The van der Waals surface area contributed by atoms with Crippen LogP contribution in [0.5, 0.6) is 11.5 Å². The van der Waals surface area contributed by atoms with Gasteiger partial charge in [-0.25, -0.2) is 9.69 Å². The van der Waals surface area contributed by atoms with Crippen LogP contribution in [0.4, 0.5) is 15.6 Å². The van der Waals surface area contributed by atoms with Gasteiger partial charge in [-0.3, -0.25) is 0 Å². The third-order valence-corrected chi connectivity index (χ3v) is 5.30. The molecular weight excluding hydrogens is 400 g/mol. The van der Waals surface area contributed by atoms with Gasteiger partial charge in [0, 0.05) is 12.5 Å². The third kappa shape index (κ3) is 4.35. The average molecular weight is 419 g/mol. The molecule has 0 aliphatic rings. The van der Waals surface area contributed by atoms with E-state index in [1.54, 1.807) is 12.1 Å². The number of nitrogens with two attached hydrogens (primary N) is 1. The van der Waals surface area contributed by atoms with Crippen LogP contribution in [-0.2, 0) is 12.8 Å². The van der Waals surface area contributed by atoms with Crippen molar-refractivity contribution in [3.05, 3.63) is 58.1 Å². The van der Waals surface area contributed by atoms with E-state index in [0.717, 1.165) is 11.4 Å².